The molecule has 2 N–H and O–H groups in total. The smallest absolute Gasteiger partial charge is 0.271 e. The summed E-state index contributed by atoms with van der Waals surface area (Å²) >= 11 is 8.69. The van der Waals surface area contributed by atoms with Crippen LogP contribution >= 0.6 is 34.3 Å². The van der Waals surface area contributed by atoms with Crippen molar-refractivity contribution in [3.05, 3.63) is 57.4 Å². The molecule has 6 nitrogen and oxygen atoms in total. The fourth-order valence-corrected chi connectivity index (χ4v) is 4.67. The molecule has 0 radical (unpaired) electrons. The van der Waals surface area contributed by atoms with Crippen LogP contribution in [0.2, 0.25) is 4.34 Å². The number of para-hydroxylation sites is 1. The molecule has 136 valence electrons. The predicted octanol–water partition coefficient (Wildman–Crippen LogP) is 3.83. The fourth-order valence-electron chi connectivity index (χ4n) is 2.16. The summed E-state index contributed by atoms with van der Waals surface area (Å²) < 4.78 is 26.0. The Balaban J connectivity index is 1.69. The van der Waals surface area contributed by atoms with Crippen LogP contribution in [0.1, 0.15) is 16.1 Å². The molecule has 2 aromatic heterocycles. The van der Waals surface area contributed by atoms with E-state index in [1.807, 2.05) is 6.07 Å². The van der Waals surface area contributed by atoms with Crippen LogP contribution in [0.15, 0.2) is 41.8 Å². The first-order valence-corrected chi connectivity index (χ1v) is 11.3. The number of nitrogens with one attached hydrogen (secondary N) is 2. The van der Waals surface area contributed by atoms with Crippen molar-refractivity contribution in [2.45, 2.75) is 6.54 Å². The maximum atomic E-state index is 12.3. The number of rotatable bonds is 6. The zero-order valence-corrected chi connectivity index (χ0v) is 16.7. The third-order valence-electron chi connectivity index (χ3n) is 3.27. The lowest BCUT2D eigenvalue weighted by Crippen LogP contribution is -2.24. The van der Waals surface area contributed by atoms with E-state index in [0.717, 1.165) is 16.1 Å². The Morgan fingerprint density at radius 1 is 1.23 bits per heavy atom. The number of anilines is 1. The number of hydrogen-bond donors (Lipinski definition) is 2. The first-order valence-electron chi connectivity index (χ1n) is 7.37. The van der Waals surface area contributed by atoms with Crippen molar-refractivity contribution in [2.75, 3.05) is 11.0 Å². The number of nitrogens with zero attached hydrogens (tertiary/aromatic N) is 1. The number of amides is 1. The van der Waals surface area contributed by atoms with E-state index in [2.05, 4.69) is 15.0 Å². The third-order valence-corrected chi connectivity index (χ3v) is 6.11. The van der Waals surface area contributed by atoms with Crippen LogP contribution in [0.3, 0.4) is 0 Å². The Hall–Kier alpha value is -1.94. The van der Waals surface area contributed by atoms with Crippen LogP contribution in [0.5, 0.6) is 0 Å². The normalized spacial score (nSPS) is 11.3. The number of sulfonamides is 1. The molecule has 3 rings (SSSR count). The highest BCUT2D eigenvalue weighted by atomic mass is 35.5. The molecular weight excluding hydrogens is 414 g/mol. The van der Waals surface area contributed by atoms with Gasteiger partial charge >= 0.3 is 0 Å². The third kappa shape index (κ3) is 4.82. The molecule has 1 amide bonds. The second-order valence-electron chi connectivity index (χ2n) is 5.36. The summed E-state index contributed by atoms with van der Waals surface area (Å²) in [4.78, 5) is 17.6. The maximum Gasteiger partial charge on any atom is 0.271 e. The highest BCUT2D eigenvalue weighted by Gasteiger charge is 2.14. The van der Waals surface area contributed by atoms with Crippen LogP contribution < -0.4 is 10.0 Å². The quantitative estimate of drug-likeness (QED) is 0.625. The van der Waals surface area contributed by atoms with E-state index >= 15 is 0 Å². The molecule has 3 aromatic rings. The highest BCUT2D eigenvalue weighted by Crippen LogP contribution is 2.32. The second-order valence-corrected chi connectivity index (χ2v) is 9.68. The Bertz CT molecular complexity index is 1040. The Morgan fingerprint density at radius 3 is 2.69 bits per heavy atom. The van der Waals surface area contributed by atoms with E-state index in [9.17, 15) is 13.2 Å². The number of aromatic nitrogens is 1. The number of carbonyl (C=O) groups excluding carboxylic acids is 1. The van der Waals surface area contributed by atoms with E-state index in [0.29, 0.717) is 21.3 Å². The molecule has 0 aliphatic carbocycles. The predicted molar refractivity (Wildman–Crippen MR) is 107 cm³/mol. The van der Waals surface area contributed by atoms with Crippen LogP contribution in [0, 0.1) is 0 Å². The number of halogens is 1. The van der Waals surface area contributed by atoms with Crippen molar-refractivity contribution in [1.82, 2.24) is 10.3 Å². The second kappa shape index (κ2) is 7.75. The first kappa shape index (κ1) is 18.8. The Kier molecular flexibility index (Phi) is 5.61. The van der Waals surface area contributed by atoms with Crippen LogP contribution in [0.25, 0.3) is 9.88 Å². The van der Waals surface area contributed by atoms with Gasteiger partial charge in [-0.15, -0.1) is 22.7 Å². The molecule has 0 aliphatic rings. The van der Waals surface area contributed by atoms with E-state index in [4.69, 9.17) is 11.6 Å². The van der Waals surface area contributed by atoms with Gasteiger partial charge in [-0.25, -0.2) is 13.4 Å². The Labute approximate surface area is 163 Å². The Morgan fingerprint density at radius 2 is 2.00 bits per heavy atom. The van der Waals surface area contributed by atoms with Crippen LogP contribution in [0.4, 0.5) is 5.69 Å². The number of hydrogen-bond acceptors (Lipinski definition) is 6. The molecule has 0 unspecified atom stereocenters. The molecule has 0 saturated carbocycles. The molecule has 0 aliphatic heterocycles. The summed E-state index contributed by atoms with van der Waals surface area (Å²) in [6, 6.07) is 10.5. The van der Waals surface area contributed by atoms with Crippen molar-refractivity contribution >= 4 is 55.9 Å². The molecule has 26 heavy (non-hydrogen) atoms. The molecule has 2 heterocycles. The average Bonchev–Trinajstić information content (AvgIpc) is 3.21. The SMILES string of the molecule is CS(=O)(=O)Nc1ccccc1CNC(=O)c1csc(-c2ccc(Cl)s2)n1. The molecule has 0 fully saturated rings. The largest absolute Gasteiger partial charge is 0.347 e. The van der Waals surface area contributed by atoms with Crippen LogP contribution in [-0.2, 0) is 16.6 Å². The zero-order chi connectivity index (χ0) is 18.7. The number of carbonyl (C=O) groups is 1. The summed E-state index contributed by atoms with van der Waals surface area (Å²) in [6.07, 6.45) is 1.08. The minimum absolute atomic E-state index is 0.176. The number of benzene rings is 1. The summed E-state index contributed by atoms with van der Waals surface area (Å²) in [6.45, 7) is 0.176. The van der Waals surface area contributed by atoms with Gasteiger partial charge < -0.3 is 5.32 Å². The molecule has 0 spiro atoms. The van der Waals surface area contributed by atoms with Crippen molar-refractivity contribution in [2.24, 2.45) is 0 Å². The highest BCUT2D eigenvalue weighted by molar-refractivity contribution is 7.92. The number of thiazole rings is 1. The summed E-state index contributed by atoms with van der Waals surface area (Å²) in [5.41, 5.74) is 1.40. The lowest BCUT2D eigenvalue weighted by molar-refractivity contribution is 0.0947. The van der Waals surface area contributed by atoms with Gasteiger partial charge in [-0.05, 0) is 23.8 Å². The van der Waals surface area contributed by atoms with Gasteiger partial charge in [0.1, 0.15) is 10.7 Å². The van der Waals surface area contributed by atoms with Crippen LogP contribution in [-0.4, -0.2) is 25.6 Å². The molecule has 1 aromatic carbocycles. The zero-order valence-electron chi connectivity index (χ0n) is 13.5. The molecule has 10 heteroatoms. The van der Waals surface area contributed by atoms with E-state index in [-0.39, 0.29) is 12.5 Å². The lowest BCUT2D eigenvalue weighted by atomic mass is 10.2. The number of thiophene rings is 1. The van der Waals surface area contributed by atoms with Gasteiger partial charge in [0.25, 0.3) is 5.91 Å². The standard InChI is InChI=1S/C16H14ClN3O3S3/c1-26(22,23)20-11-5-3-2-4-10(11)8-18-15(21)12-9-24-16(19-12)13-6-7-14(17)25-13/h2-7,9,20H,8H2,1H3,(H,18,21). The van der Waals surface area contributed by atoms with Gasteiger partial charge in [0, 0.05) is 11.9 Å². The maximum absolute atomic E-state index is 12.3. The van der Waals surface area contributed by atoms with Crippen molar-refractivity contribution in [1.29, 1.82) is 0 Å². The lowest BCUT2D eigenvalue weighted by Gasteiger charge is -2.11. The minimum Gasteiger partial charge on any atom is -0.347 e. The molecule has 0 saturated heterocycles. The summed E-state index contributed by atoms with van der Waals surface area (Å²) in [7, 11) is -3.40. The van der Waals surface area contributed by atoms with Gasteiger partial charge in [0.05, 0.1) is 21.2 Å². The fraction of sp³-hybridized carbons (Fsp3) is 0.125. The average molecular weight is 428 g/mol. The van der Waals surface area contributed by atoms with Crippen molar-refractivity contribution in [3.63, 3.8) is 0 Å². The van der Waals surface area contributed by atoms with Gasteiger partial charge in [-0.2, -0.15) is 0 Å². The molecule has 0 bridgehead atoms. The summed E-state index contributed by atoms with van der Waals surface area (Å²) in [5.74, 6) is -0.329. The van der Waals surface area contributed by atoms with Gasteiger partial charge in [0.15, 0.2) is 0 Å². The molecular formula is C16H14ClN3O3S3. The molecule has 0 atom stereocenters. The van der Waals surface area contributed by atoms with Gasteiger partial charge in [-0.3, -0.25) is 9.52 Å². The van der Waals surface area contributed by atoms with E-state index < -0.39 is 10.0 Å². The van der Waals surface area contributed by atoms with Crippen molar-refractivity contribution < 1.29 is 13.2 Å². The summed E-state index contributed by atoms with van der Waals surface area (Å²) in [5, 5.41) is 5.17. The van der Waals surface area contributed by atoms with E-state index in [1.165, 1.54) is 22.7 Å². The van der Waals surface area contributed by atoms with Gasteiger partial charge in [-0.1, -0.05) is 29.8 Å². The van der Waals surface area contributed by atoms with E-state index in [1.54, 1.807) is 35.7 Å². The van der Waals surface area contributed by atoms with Crippen molar-refractivity contribution in [3.8, 4) is 9.88 Å². The monoisotopic (exact) mass is 427 g/mol. The topological polar surface area (TPSA) is 88.2 Å². The van der Waals surface area contributed by atoms with Gasteiger partial charge in [0.2, 0.25) is 10.0 Å². The minimum atomic E-state index is -3.40. The first-order chi connectivity index (χ1) is 12.3.